The lowest BCUT2D eigenvalue weighted by molar-refractivity contribution is -0.115. The van der Waals surface area contributed by atoms with E-state index in [-0.39, 0.29) is 11.1 Å². The first-order valence-corrected chi connectivity index (χ1v) is 9.45. The van der Waals surface area contributed by atoms with Gasteiger partial charge in [0.05, 0.1) is 4.91 Å². The van der Waals surface area contributed by atoms with Crippen LogP contribution in [0.15, 0.2) is 64.4 Å². The summed E-state index contributed by atoms with van der Waals surface area (Å²) in [6.07, 6.45) is 1.04. The average Bonchev–Trinajstić information content (AvgIpc) is 2.94. The molecule has 0 radical (unpaired) electrons. The number of carbonyl (C=O) groups excluding carboxylic acids is 2. The van der Waals surface area contributed by atoms with Crippen LogP contribution in [0.3, 0.4) is 0 Å². The number of hydrogen-bond acceptors (Lipinski definition) is 4. The van der Waals surface area contributed by atoms with E-state index in [1.165, 1.54) is 10.5 Å². The summed E-state index contributed by atoms with van der Waals surface area (Å²) < 4.78 is 0. The molecule has 0 spiro atoms. The zero-order valence-corrected chi connectivity index (χ0v) is 14.9. The highest BCUT2D eigenvalue weighted by molar-refractivity contribution is 8.18. The standard InChI is InChI=1S/C19H17NO2S2/c1-13(17-18(21)20-19(22)24-17)15-7-9-16(10-8-15)23-12-11-14-5-3-2-4-6-14/h2-10H,11-12H2,1H3,(H,20,21,22)/b17-13+. The van der Waals surface area contributed by atoms with E-state index >= 15 is 0 Å². The van der Waals surface area contributed by atoms with Crippen LogP contribution in [-0.2, 0) is 11.2 Å². The minimum Gasteiger partial charge on any atom is -0.282 e. The first kappa shape index (κ1) is 16.9. The van der Waals surface area contributed by atoms with E-state index < -0.39 is 0 Å². The minimum atomic E-state index is -0.303. The lowest BCUT2D eigenvalue weighted by Gasteiger charge is -2.06. The molecule has 0 bridgehead atoms. The molecule has 1 saturated heterocycles. The van der Waals surface area contributed by atoms with Gasteiger partial charge in [-0.1, -0.05) is 42.5 Å². The molecule has 2 aromatic carbocycles. The van der Waals surface area contributed by atoms with Gasteiger partial charge in [-0.3, -0.25) is 14.9 Å². The Morgan fingerprint density at radius 3 is 2.38 bits per heavy atom. The van der Waals surface area contributed by atoms with E-state index in [0.29, 0.717) is 4.91 Å². The molecule has 1 aliphatic rings. The van der Waals surface area contributed by atoms with E-state index in [0.717, 1.165) is 35.1 Å². The number of hydrogen-bond donors (Lipinski definition) is 1. The molecule has 1 fully saturated rings. The SMILES string of the molecule is C/C(=C1\SC(=O)NC1=O)c1ccc(SCCc2ccccc2)cc1. The van der Waals surface area contributed by atoms with Crippen LogP contribution in [-0.4, -0.2) is 16.9 Å². The molecule has 5 heteroatoms. The van der Waals surface area contributed by atoms with Gasteiger partial charge >= 0.3 is 0 Å². The van der Waals surface area contributed by atoms with Gasteiger partial charge in [0.15, 0.2) is 0 Å². The van der Waals surface area contributed by atoms with E-state index in [1.54, 1.807) is 0 Å². The second-order valence-electron chi connectivity index (χ2n) is 5.41. The van der Waals surface area contributed by atoms with Gasteiger partial charge < -0.3 is 0 Å². The average molecular weight is 355 g/mol. The first-order valence-electron chi connectivity index (χ1n) is 7.64. The molecular weight excluding hydrogens is 338 g/mol. The summed E-state index contributed by atoms with van der Waals surface area (Å²) in [5.74, 6) is 0.722. The molecule has 0 unspecified atom stereocenters. The van der Waals surface area contributed by atoms with E-state index in [4.69, 9.17) is 0 Å². The van der Waals surface area contributed by atoms with Gasteiger partial charge in [-0.2, -0.15) is 0 Å². The molecule has 1 heterocycles. The largest absolute Gasteiger partial charge is 0.290 e. The molecule has 1 aliphatic heterocycles. The van der Waals surface area contributed by atoms with Crippen molar-refractivity contribution in [3.8, 4) is 0 Å². The second-order valence-corrected chi connectivity index (χ2v) is 7.56. The fourth-order valence-electron chi connectivity index (χ4n) is 2.42. The quantitative estimate of drug-likeness (QED) is 0.622. The van der Waals surface area contributed by atoms with Crippen LogP contribution in [0.25, 0.3) is 5.57 Å². The van der Waals surface area contributed by atoms with Gasteiger partial charge in [-0.05, 0) is 53.9 Å². The Morgan fingerprint density at radius 1 is 1.04 bits per heavy atom. The van der Waals surface area contributed by atoms with Gasteiger partial charge in [0.25, 0.3) is 11.1 Å². The predicted molar refractivity (Wildman–Crippen MR) is 101 cm³/mol. The highest BCUT2D eigenvalue weighted by atomic mass is 32.2. The summed E-state index contributed by atoms with van der Waals surface area (Å²) in [6, 6.07) is 18.6. The van der Waals surface area contributed by atoms with Crippen LogP contribution in [0.4, 0.5) is 4.79 Å². The maximum atomic E-state index is 11.7. The number of benzene rings is 2. The summed E-state index contributed by atoms with van der Waals surface area (Å²) in [4.78, 5) is 24.7. The first-order chi connectivity index (χ1) is 11.6. The zero-order chi connectivity index (χ0) is 16.9. The molecule has 2 aromatic rings. The monoisotopic (exact) mass is 355 g/mol. The Morgan fingerprint density at radius 2 is 1.75 bits per heavy atom. The lowest BCUT2D eigenvalue weighted by Crippen LogP contribution is -2.18. The smallest absolute Gasteiger partial charge is 0.282 e. The number of thioether (sulfide) groups is 2. The van der Waals surface area contributed by atoms with Crippen molar-refractivity contribution < 1.29 is 9.59 Å². The summed E-state index contributed by atoms with van der Waals surface area (Å²) in [6.45, 7) is 1.87. The summed E-state index contributed by atoms with van der Waals surface area (Å²) >= 11 is 2.78. The Balaban J connectivity index is 1.62. The van der Waals surface area contributed by atoms with Crippen LogP contribution < -0.4 is 5.32 Å². The molecule has 0 aliphatic carbocycles. The third kappa shape index (κ3) is 4.10. The van der Waals surface area contributed by atoms with Crippen molar-refractivity contribution in [1.29, 1.82) is 0 Å². The van der Waals surface area contributed by atoms with Crippen LogP contribution in [0, 0.1) is 0 Å². The predicted octanol–water partition coefficient (Wildman–Crippen LogP) is 4.74. The van der Waals surface area contributed by atoms with Crippen molar-refractivity contribution in [2.24, 2.45) is 0 Å². The number of carbonyl (C=O) groups is 2. The molecule has 24 heavy (non-hydrogen) atoms. The molecule has 1 N–H and O–H groups in total. The summed E-state index contributed by atoms with van der Waals surface area (Å²) in [7, 11) is 0. The Bertz CT molecular complexity index is 783. The van der Waals surface area contributed by atoms with E-state index in [9.17, 15) is 9.59 Å². The van der Waals surface area contributed by atoms with Gasteiger partial charge in [0.1, 0.15) is 0 Å². The fourth-order valence-corrected chi connectivity index (χ4v) is 4.07. The Hall–Kier alpha value is -1.98. The van der Waals surface area contributed by atoms with Crippen molar-refractivity contribution in [2.45, 2.75) is 18.2 Å². The van der Waals surface area contributed by atoms with Gasteiger partial charge in [-0.15, -0.1) is 11.8 Å². The molecule has 0 aromatic heterocycles. The topological polar surface area (TPSA) is 46.2 Å². The molecule has 0 saturated carbocycles. The molecule has 3 rings (SSSR count). The second kappa shape index (κ2) is 7.73. The molecule has 0 atom stereocenters. The summed E-state index contributed by atoms with van der Waals surface area (Å²) in [5.41, 5.74) is 3.15. The molecular formula is C19H17NO2S2. The summed E-state index contributed by atoms with van der Waals surface area (Å²) in [5, 5.41) is 1.99. The van der Waals surface area contributed by atoms with Crippen molar-refractivity contribution in [1.82, 2.24) is 5.32 Å². The highest BCUT2D eigenvalue weighted by Crippen LogP contribution is 2.32. The number of nitrogens with one attached hydrogen (secondary N) is 1. The van der Waals surface area contributed by atoms with Gasteiger partial charge in [-0.25, -0.2) is 0 Å². The Labute approximate surface area is 149 Å². The van der Waals surface area contributed by atoms with Crippen molar-refractivity contribution in [3.63, 3.8) is 0 Å². The number of imide groups is 1. The zero-order valence-electron chi connectivity index (χ0n) is 13.2. The molecule has 2 amide bonds. The third-order valence-corrected chi connectivity index (χ3v) is 5.74. The minimum absolute atomic E-state index is 0.302. The van der Waals surface area contributed by atoms with Crippen molar-refractivity contribution >= 4 is 40.2 Å². The molecule has 122 valence electrons. The van der Waals surface area contributed by atoms with Crippen LogP contribution in [0.5, 0.6) is 0 Å². The van der Waals surface area contributed by atoms with Crippen molar-refractivity contribution in [3.05, 3.63) is 70.6 Å². The van der Waals surface area contributed by atoms with Crippen LogP contribution in [0.2, 0.25) is 0 Å². The normalized spacial score (nSPS) is 16.2. The van der Waals surface area contributed by atoms with Crippen LogP contribution >= 0.6 is 23.5 Å². The van der Waals surface area contributed by atoms with E-state index in [2.05, 4.69) is 41.7 Å². The maximum absolute atomic E-state index is 11.7. The third-order valence-electron chi connectivity index (χ3n) is 3.75. The lowest BCUT2D eigenvalue weighted by atomic mass is 10.1. The Kier molecular flexibility index (Phi) is 5.43. The number of aryl methyl sites for hydroxylation is 1. The number of amides is 2. The number of allylic oxidation sites excluding steroid dienone is 1. The van der Waals surface area contributed by atoms with E-state index in [1.807, 2.05) is 36.9 Å². The number of rotatable bonds is 5. The maximum Gasteiger partial charge on any atom is 0.290 e. The highest BCUT2D eigenvalue weighted by Gasteiger charge is 2.27. The van der Waals surface area contributed by atoms with Gasteiger partial charge in [0.2, 0.25) is 0 Å². The van der Waals surface area contributed by atoms with Gasteiger partial charge in [0, 0.05) is 10.6 Å². The van der Waals surface area contributed by atoms with Crippen LogP contribution in [0.1, 0.15) is 18.1 Å². The molecule has 3 nitrogen and oxygen atoms in total. The fraction of sp³-hybridized carbons (Fsp3) is 0.158. The van der Waals surface area contributed by atoms with Crippen molar-refractivity contribution in [2.75, 3.05) is 5.75 Å².